The summed E-state index contributed by atoms with van der Waals surface area (Å²) in [7, 11) is 0. The van der Waals surface area contributed by atoms with Gasteiger partial charge in [-0.25, -0.2) is 14.6 Å². The van der Waals surface area contributed by atoms with E-state index in [0.717, 1.165) is 22.1 Å². The second-order valence-electron chi connectivity index (χ2n) is 8.77. The molecule has 0 N–H and O–H groups in total. The van der Waals surface area contributed by atoms with Crippen molar-refractivity contribution in [2.45, 2.75) is 0 Å². The molecule has 0 aliphatic carbocycles. The summed E-state index contributed by atoms with van der Waals surface area (Å²) in [5.41, 5.74) is 2.42. The molecule has 0 saturated carbocycles. The fourth-order valence-corrected chi connectivity index (χ4v) is 4.21. The van der Waals surface area contributed by atoms with Crippen LogP contribution in [0.25, 0.3) is 45.9 Å². The van der Waals surface area contributed by atoms with Crippen LogP contribution < -0.4 is 16.0 Å². The van der Waals surface area contributed by atoms with E-state index < -0.39 is 11.3 Å². The van der Waals surface area contributed by atoms with Crippen LogP contribution in [0.15, 0.2) is 128 Å². The molecule has 6 heteroatoms. The van der Waals surface area contributed by atoms with Crippen LogP contribution in [0.5, 0.6) is 5.75 Å². The molecule has 6 rings (SSSR count). The van der Waals surface area contributed by atoms with Gasteiger partial charge in [0.15, 0.2) is 5.76 Å². The average Bonchev–Trinajstić information content (AvgIpc) is 2.96. The van der Waals surface area contributed by atoms with Crippen LogP contribution in [0.1, 0.15) is 22.6 Å². The number of hydrogen-bond acceptors (Lipinski definition) is 6. The molecule has 0 amide bonds. The second-order valence-corrected chi connectivity index (χ2v) is 8.77. The van der Waals surface area contributed by atoms with Gasteiger partial charge in [-0.15, -0.1) is 0 Å². The maximum atomic E-state index is 12.7. The van der Waals surface area contributed by atoms with Crippen LogP contribution in [0.2, 0.25) is 0 Å². The Balaban J connectivity index is 1.42. The zero-order chi connectivity index (χ0) is 26.6. The third-order valence-corrected chi connectivity index (χ3v) is 6.07. The predicted octanol–water partition coefficient (Wildman–Crippen LogP) is 7.04. The Hall–Kier alpha value is -5.49. The Kier molecular flexibility index (Phi) is 6.41. The smallest absolute Gasteiger partial charge is 0.347 e. The quantitative estimate of drug-likeness (QED) is 0.176. The largest absolute Gasteiger partial charge is 0.451 e. The van der Waals surface area contributed by atoms with E-state index in [2.05, 4.69) is 4.98 Å². The van der Waals surface area contributed by atoms with Crippen molar-refractivity contribution >= 4 is 45.9 Å². The zero-order valence-electron chi connectivity index (χ0n) is 20.6. The predicted molar refractivity (Wildman–Crippen MR) is 153 cm³/mol. The third kappa shape index (κ3) is 5.31. The summed E-state index contributed by atoms with van der Waals surface area (Å²) < 4.78 is 17.3. The van der Waals surface area contributed by atoms with Crippen LogP contribution in [0.3, 0.4) is 0 Å². The molecule has 2 aromatic heterocycles. The topological polar surface area (TPSA) is 82.5 Å². The minimum Gasteiger partial charge on any atom is -0.451 e. The van der Waals surface area contributed by atoms with E-state index in [-0.39, 0.29) is 11.6 Å². The maximum absolute atomic E-state index is 12.7. The van der Waals surface area contributed by atoms with Crippen molar-refractivity contribution < 1.29 is 13.6 Å². The van der Waals surface area contributed by atoms with E-state index in [9.17, 15) is 9.59 Å². The highest BCUT2D eigenvalue weighted by Gasteiger charge is 2.15. The number of nitrogens with zero attached hydrogens (tertiary/aromatic N) is 1. The SMILES string of the molecule is O=c1cc(/C=C/c2ccccc2)c2ccc(O/C(=C\c3ccccc3)c3nc4ccccc4c(=O)o3)cc2o1. The Morgan fingerprint density at radius 3 is 2.21 bits per heavy atom. The minimum absolute atomic E-state index is 0.0312. The summed E-state index contributed by atoms with van der Waals surface area (Å²) in [5.74, 6) is 0.643. The van der Waals surface area contributed by atoms with Gasteiger partial charge in [-0.3, -0.25) is 0 Å². The van der Waals surface area contributed by atoms with Gasteiger partial charge >= 0.3 is 11.3 Å². The zero-order valence-corrected chi connectivity index (χ0v) is 20.6. The number of benzene rings is 4. The monoisotopic (exact) mass is 511 g/mol. The summed E-state index contributed by atoms with van der Waals surface area (Å²) in [6, 6.07) is 32.9. The molecule has 0 saturated heterocycles. The van der Waals surface area contributed by atoms with Crippen molar-refractivity contribution in [2.24, 2.45) is 0 Å². The molecule has 0 spiro atoms. The lowest BCUT2D eigenvalue weighted by Crippen LogP contribution is -2.07. The van der Waals surface area contributed by atoms with Gasteiger partial charge in [0.05, 0.1) is 10.9 Å². The molecule has 0 unspecified atom stereocenters. The molecule has 0 radical (unpaired) electrons. The summed E-state index contributed by atoms with van der Waals surface area (Å²) in [4.78, 5) is 29.6. The molecule has 0 bridgehead atoms. The van der Waals surface area contributed by atoms with Crippen LogP contribution in [-0.4, -0.2) is 4.98 Å². The Morgan fingerprint density at radius 1 is 0.692 bits per heavy atom. The van der Waals surface area contributed by atoms with Crippen molar-refractivity contribution in [1.29, 1.82) is 0 Å². The van der Waals surface area contributed by atoms with Gasteiger partial charge in [0.1, 0.15) is 11.3 Å². The first-order valence-electron chi connectivity index (χ1n) is 12.3. The number of fused-ring (bicyclic) bond motifs is 2. The number of ether oxygens (including phenoxy) is 1. The lowest BCUT2D eigenvalue weighted by atomic mass is 10.1. The van der Waals surface area contributed by atoms with E-state index >= 15 is 0 Å². The standard InChI is InChI=1S/C33H21NO5/c35-31-20-24(16-15-22-9-3-1-4-10-22)26-18-17-25(21-29(26)38-31)37-30(19-23-11-5-2-6-12-23)32-34-28-14-8-7-13-27(28)33(36)39-32/h1-21H/b16-15+,30-19-. The highest BCUT2D eigenvalue weighted by molar-refractivity contribution is 5.90. The molecule has 6 nitrogen and oxygen atoms in total. The fourth-order valence-electron chi connectivity index (χ4n) is 4.21. The first-order valence-corrected chi connectivity index (χ1v) is 12.3. The lowest BCUT2D eigenvalue weighted by Gasteiger charge is -2.11. The van der Waals surface area contributed by atoms with E-state index in [1.807, 2.05) is 78.9 Å². The summed E-state index contributed by atoms with van der Waals surface area (Å²) in [5, 5.41) is 1.13. The lowest BCUT2D eigenvalue weighted by molar-refractivity contribution is 0.431. The Morgan fingerprint density at radius 2 is 1.41 bits per heavy atom. The highest BCUT2D eigenvalue weighted by Crippen LogP contribution is 2.28. The molecule has 0 aliphatic rings. The van der Waals surface area contributed by atoms with Crippen LogP contribution in [-0.2, 0) is 0 Å². The van der Waals surface area contributed by atoms with Gasteiger partial charge in [0.2, 0.25) is 0 Å². The molecule has 188 valence electrons. The molecule has 2 heterocycles. The number of rotatable bonds is 6. The Bertz CT molecular complexity index is 1970. The second kappa shape index (κ2) is 10.5. The first-order chi connectivity index (χ1) is 19.1. The van der Waals surface area contributed by atoms with Crippen molar-refractivity contribution in [3.63, 3.8) is 0 Å². The van der Waals surface area contributed by atoms with Gasteiger partial charge < -0.3 is 13.6 Å². The van der Waals surface area contributed by atoms with Crippen LogP contribution in [0.4, 0.5) is 0 Å². The van der Waals surface area contributed by atoms with Gasteiger partial charge in [-0.05, 0) is 47.0 Å². The molecular formula is C33H21NO5. The van der Waals surface area contributed by atoms with E-state index in [0.29, 0.717) is 22.2 Å². The van der Waals surface area contributed by atoms with Gasteiger partial charge in [-0.2, -0.15) is 0 Å². The molecular weight excluding hydrogens is 490 g/mol. The van der Waals surface area contributed by atoms with Gasteiger partial charge in [0.25, 0.3) is 5.89 Å². The van der Waals surface area contributed by atoms with Gasteiger partial charge in [0, 0.05) is 17.5 Å². The van der Waals surface area contributed by atoms with Crippen molar-refractivity contribution in [2.75, 3.05) is 0 Å². The first kappa shape index (κ1) is 23.9. The number of para-hydroxylation sites is 1. The summed E-state index contributed by atoms with van der Waals surface area (Å²) in [6.45, 7) is 0. The molecule has 0 atom stereocenters. The van der Waals surface area contributed by atoms with Gasteiger partial charge in [-0.1, -0.05) is 84.9 Å². The average molecular weight is 512 g/mol. The number of hydrogen-bond donors (Lipinski definition) is 0. The third-order valence-electron chi connectivity index (χ3n) is 6.07. The minimum atomic E-state index is -0.516. The summed E-state index contributed by atoms with van der Waals surface area (Å²) in [6.07, 6.45) is 5.55. The molecule has 0 fully saturated rings. The van der Waals surface area contributed by atoms with Crippen LogP contribution in [0, 0.1) is 0 Å². The number of aromatic nitrogens is 1. The molecule has 0 aliphatic heterocycles. The van der Waals surface area contributed by atoms with E-state index in [1.54, 1.807) is 42.5 Å². The maximum Gasteiger partial charge on any atom is 0.347 e. The van der Waals surface area contributed by atoms with Crippen molar-refractivity contribution in [3.05, 3.63) is 153 Å². The van der Waals surface area contributed by atoms with E-state index in [1.165, 1.54) is 6.07 Å². The van der Waals surface area contributed by atoms with E-state index in [4.69, 9.17) is 13.6 Å². The molecule has 39 heavy (non-hydrogen) atoms. The molecule has 4 aromatic carbocycles. The normalized spacial score (nSPS) is 11.8. The highest BCUT2D eigenvalue weighted by atomic mass is 16.5. The molecule has 6 aromatic rings. The van der Waals surface area contributed by atoms with Crippen molar-refractivity contribution in [1.82, 2.24) is 4.98 Å². The Labute approximate surface area is 222 Å². The van der Waals surface area contributed by atoms with Crippen molar-refractivity contribution in [3.8, 4) is 5.75 Å². The fraction of sp³-hybridized carbons (Fsp3) is 0. The summed E-state index contributed by atoms with van der Waals surface area (Å²) >= 11 is 0. The van der Waals surface area contributed by atoms with Crippen LogP contribution >= 0.6 is 0 Å².